The molecule has 3 atom stereocenters. The number of amides is 4. The summed E-state index contributed by atoms with van der Waals surface area (Å²) in [4.78, 5) is 46.4. The number of anilines is 1. The first-order valence-corrected chi connectivity index (χ1v) is 15.9. The zero-order valence-corrected chi connectivity index (χ0v) is 26.7. The minimum Gasteiger partial charge on any atom is -0.465 e. The summed E-state index contributed by atoms with van der Waals surface area (Å²) < 4.78 is 82.8. The van der Waals surface area contributed by atoms with E-state index in [-0.39, 0.29) is 37.1 Å². The lowest BCUT2D eigenvalue weighted by molar-refractivity contribution is -0.143. The molecule has 2 unspecified atom stereocenters. The van der Waals surface area contributed by atoms with Crippen molar-refractivity contribution in [3.63, 3.8) is 0 Å². The first-order valence-electron chi connectivity index (χ1n) is 15.9. The van der Waals surface area contributed by atoms with Gasteiger partial charge in [0.1, 0.15) is 0 Å². The van der Waals surface area contributed by atoms with E-state index in [4.69, 9.17) is 0 Å². The first kappa shape index (κ1) is 35.3. The molecule has 2 N–H and O–H groups in total. The van der Waals surface area contributed by atoms with Crippen molar-refractivity contribution < 1.29 is 45.8 Å². The molecule has 48 heavy (non-hydrogen) atoms. The number of hydrogen-bond donors (Lipinski definition) is 2. The van der Waals surface area contributed by atoms with E-state index < -0.39 is 65.9 Å². The third-order valence-electron chi connectivity index (χ3n) is 9.84. The number of nitrogens with one attached hydrogen (secondary N) is 1. The number of rotatable bonds is 6. The number of fused-ring (bicyclic) bond motifs is 1. The van der Waals surface area contributed by atoms with Gasteiger partial charge in [-0.3, -0.25) is 4.79 Å². The molecule has 9 nitrogen and oxygen atoms in total. The number of halogens is 6. The van der Waals surface area contributed by atoms with Crippen molar-refractivity contribution in [2.45, 2.75) is 69.0 Å². The highest BCUT2D eigenvalue weighted by Crippen LogP contribution is 2.38. The predicted molar refractivity (Wildman–Crippen MR) is 164 cm³/mol. The predicted octanol–water partition coefficient (Wildman–Crippen LogP) is 6.04. The van der Waals surface area contributed by atoms with Crippen LogP contribution in [0.4, 0.5) is 41.6 Å². The number of urea groups is 1. The standard InChI is InChI=1S/C33H39F6N5O4/c1-41(2)24-8-11-42(12-9-24)29(45)26(17-20-15-22(32(34,35)36)18-23(16-20)33(37,38)39)28-19-25(10-14-44(28)31(47)48)43-13-7-21-5-3-4-6-27(21)40-30(43)46/h3-6,15-16,18,24-26,28H,7-14,17,19H2,1-2H3,(H,40,46)(H,47,48)/t25?,26?,28-/m1/s1. The smallest absolute Gasteiger partial charge is 0.416 e. The Labute approximate surface area is 274 Å². The van der Waals surface area contributed by atoms with Gasteiger partial charge >= 0.3 is 24.5 Å². The second-order valence-corrected chi connectivity index (χ2v) is 13.0. The van der Waals surface area contributed by atoms with Crippen LogP contribution in [-0.2, 0) is 30.0 Å². The number of para-hydroxylation sites is 1. The van der Waals surface area contributed by atoms with Crippen LogP contribution in [0.2, 0.25) is 0 Å². The number of piperidine rings is 2. The molecule has 0 radical (unpaired) electrons. The van der Waals surface area contributed by atoms with Gasteiger partial charge in [-0.2, -0.15) is 26.3 Å². The van der Waals surface area contributed by atoms with E-state index in [0.717, 1.165) is 10.5 Å². The second kappa shape index (κ2) is 13.8. The lowest BCUT2D eigenvalue weighted by atomic mass is 9.81. The van der Waals surface area contributed by atoms with Crippen LogP contribution in [0.3, 0.4) is 0 Å². The molecule has 3 heterocycles. The van der Waals surface area contributed by atoms with Crippen LogP contribution in [0.15, 0.2) is 42.5 Å². The summed E-state index contributed by atoms with van der Waals surface area (Å²) in [6.45, 7) is 0.811. The van der Waals surface area contributed by atoms with Gasteiger partial charge in [-0.1, -0.05) is 18.2 Å². The summed E-state index contributed by atoms with van der Waals surface area (Å²) in [5.74, 6) is -1.85. The van der Waals surface area contributed by atoms with Crippen LogP contribution >= 0.6 is 0 Å². The summed E-state index contributed by atoms with van der Waals surface area (Å²) >= 11 is 0. The van der Waals surface area contributed by atoms with Gasteiger partial charge in [0.15, 0.2) is 0 Å². The molecule has 0 spiro atoms. The van der Waals surface area contributed by atoms with Crippen molar-refractivity contribution >= 4 is 23.7 Å². The number of likely N-dealkylation sites (tertiary alicyclic amines) is 2. The number of benzene rings is 2. The maximum absolute atomic E-state index is 14.3. The van der Waals surface area contributed by atoms with Crippen LogP contribution in [0.5, 0.6) is 0 Å². The molecule has 2 saturated heterocycles. The van der Waals surface area contributed by atoms with Gasteiger partial charge in [-0.25, -0.2) is 9.59 Å². The minimum atomic E-state index is -5.09. The van der Waals surface area contributed by atoms with E-state index in [0.29, 0.717) is 56.7 Å². The molecule has 3 aliphatic rings. The fourth-order valence-corrected chi connectivity index (χ4v) is 7.23. The van der Waals surface area contributed by atoms with Crippen molar-refractivity contribution in [1.82, 2.24) is 19.6 Å². The van der Waals surface area contributed by atoms with Crippen LogP contribution in [0.25, 0.3) is 0 Å². The molecule has 3 aliphatic heterocycles. The van der Waals surface area contributed by atoms with Gasteiger partial charge in [0.25, 0.3) is 0 Å². The normalized spacial score (nSPS) is 21.9. The van der Waals surface area contributed by atoms with E-state index in [1.807, 2.05) is 31.1 Å². The second-order valence-electron chi connectivity index (χ2n) is 13.0. The molecule has 15 heteroatoms. The fourth-order valence-electron chi connectivity index (χ4n) is 7.23. The Hall–Kier alpha value is -4.01. The van der Waals surface area contributed by atoms with E-state index in [1.54, 1.807) is 17.0 Å². The SMILES string of the molecule is CN(C)C1CCN(C(=O)C(Cc2cc(C(F)(F)F)cc(C(F)(F)F)c2)[C@H]2CC(N3CCc4ccccc4NC3=O)CCN2C(=O)O)CC1. The number of carbonyl (C=O) groups excluding carboxylic acids is 2. The third-order valence-corrected chi connectivity index (χ3v) is 9.84. The van der Waals surface area contributed by atoms with E-state index in [2.05, 4.69) is 5.32 Å². The molecule has 0 aromatic heterocycles. The van der Waals surface area contributed by atoms with Gasteiger partial charge in [-0.15, -0.1) is 0 Å². The monoisotopic (exact) mass is 683 g/mol. The van der Waals surface area contributed by atoms with E-state index >= 15 is 0 Å². The van der Waals surface area contributed by atoms with Gasteiger partial charge in [0.05, 0.1) is 17.0 Å². The number of alkyl halides is 6. The molecule has 0 saturated carbocycles. The van der Waals surface area contributed by atoms with Crippen molar-refractivity contribution in [2.75, 3.05) is 45.6 Å². The molecule has 2 fully saturated rings. The lowest BCUT2D eigenvalue weighted by Gasteiger charge is -2.46. The van der Waals surface area contributed by atoms with Crippen LogP contribution in [0, 0.1) is 5.92 Å². The average molecular weight is 684 g/mol. The lowest BCUT2D eigenvalue weighted by Crippen LogP contribution is -2.59. The number of hydrogen-bond acceptors (Lipinski definition) is 4. The molecular formula is C33H39F6N5O4. The Bertz CT molecular complexity index is 1480. The molecule has 262 valence electrons. The van der Waals surface area contributed by atoms with Gasteiger partial charge in [-0.05, 0) is 88.0 Å². The van der Waals surface area contributed by atoms with Crippen LogP contribution < -0.4 is 5.32 Å². The molecule has 2 aromatic rings. The largest absolute Gasteiger partial charge is 0.465 e. The van der Waals surface area contributed by atoms with E-state index in [9.17, 15) is 45.8 Å². The number of nitrogens with zero attached hydrogens (tertiary/aromatic N) is 4. The van der Waals surface area contributed by atoms with Gasteiger partial charge < -0.3 is 30.0 Å². The van der Waals surface area contributed by atoms with Crippen molar-refractivity contribution in [2.24, 2.45) is 5.92 Å². The molecule has 5 rings (SSSR count). The van der Waals surface area contributed by atoms with Gasteiger partial charge in [0.2, 0.25) is 5.91 Å². The zero-order chi connectivity index (χ0) is 35.0. The summed E-state index contributed by atoms with van der Waals surface area (Å²) in [6.07, 6.45) is -10.2. The Kier molecular flexibility index (Phi) is 10.2. The molecule has 4 amide bonds. The van der Waals surface area contributed by atoms with Crippen LogP contribution in [-0.4, -0.2) is 101 Å². The van der Waals surface area contributed by atoms with E-state index in [1.165, 1.54) is 4.90 Å². The fraction of sp³-hybridized carbons (Fsp3) is 0.545. The zero-order valence-electron chi connectivity index (χ0n) is 26.7. The maximum atomic E-state index is 14.3. The van der Waals surface area contributed by atoms with Gasteiger partial charge in [0, 0.05) is 50.0 Å². The summed E-state index contributed by atoms with van der Waals surface area (Å²) in [5.41, 5.74) is -1.85. The number of carboxylic acid groups (broad SMARTS) is 1. The summed E-state index contributed by atoms with van der Waals surface area (Å²) in [7, 11) is 3.81. The Morgan fingerprint density at radius 3 is 2.15 bits per heavy atom. The third kappa shape index (κ3) is 7.82. The highest BCUT2D eigenvalue weighted by Gasteiger charge is 2.45. The molecule has 0 aliphatic carbocycles. The Morgan fingerprint density at radius 1 is 0.938 bits per heavy atom. The average Bonchev–Trinajstić information content (AvgIpc) is 3.20. The topological polar surface area (TPSA) is 96.4 Å². The highest BCUT2D eigenvalue weighted by atomic mass is 19.4. The van der Waals surface area contributed by atoms with Crippen molar-refractivity contribution in [3.05, 3.63) is 64.7 Å². The van der Waals surface area contributed by atoms with Crippen molar-refractivity contribution in [3.8, 4) is 0 Å². The number of carbonyl (C=O) groups is 3. The Balaban J connectivity index is 1.51. The maximum Gasteiger partial charge on any atom is 0.416 e. The first-order chi connectivity index (χ1) is 22.5. The highest BCUT2D eigenvalue weighted by molar-refractivity contribution is 5.91. The summed E-state index contributed by atoms with van der Waals surface area (Å²) in [5, 5.41) is 13.1. The molecular weight excluding hydrogens is 644 g/mol. The minimum absolute atomic E-state index is 0.0221. The van der Waals surface area contributed by atoms with Crippen molar-refractivity contribution in [1.29, 1.82) is 0 Å². The molecule has 0 bridgehead atoms. The summed E-state index contributed by atoms with van der Waals surface area (Å²) in [6, 6.07) is 6.60. The Morgan fingerprint density at radius 2 is 1.56 bits per heavy atom. The quantitative estimate of drug-likeness (QED) is 0.363. The van der Waals surface area contributed by atoms with Crippen LogP contribution in [0.1, 0.15) is 47.9 Å². The molecule has 2 aromatic carbocycles.